The molecule has 3 nitrogen and oxygen atoms in total. The summed E-state index contributed by atoms with van der Waals surface area (Å²) in [5.74, 6) is 3.88. The van der Waals surface area contributed by atoms with Crippen molar-refractivity contribution in [2.75, 3.05) is 0 Å². The fourth-order valence-corrected chi connectivity index (χ4v) is 5.35. The standard InChI is InChI=1S/C16H25N3/c1-10(17)2-13-8-18-19(9-13)16-14-4-11-3-12(6-14)7-15(16)5-11/h8-12,14-16H,2-7,17H2,1H3. The molecule has 0 saturated heterocycles. The second-order valence-corrected chi connectivity index (χ2v) is 7.43. The zero-order valence-corrected chi connectivity index (χ0v) is 11.8. The normalized spacial score (nSPS) is 41.7. The largest absolute Gasteiger partial charge is 0.328 e. The van der Waals surface area contributed by atoms with Crippen LogP contribution in [0.15, 0.2) is 12.4 Å². The average Bonchev–Trinajstić information content (AvgIpc) is 2.75. The van der Waals surface area contributed by atoms with E-state index in [-0.39, 0.29) is 6.04 Å². The highest BCUT2D eigenvalue weighted by atomic mass is 15.3. The quantitative estimate of drug-likeness (QED) is 0.907. The van der Waals surface area contributed by atoms with Crippen LogP contribution in [-0.2, 0) is 6.42 Å². The van der Waals surface area contributed by atoms with Gasteiger partial charge in [-0.25, -0.2) is 0 Å². The molecule has 2 N–H and O–H groups in total. The van der Waals surface area contributed by atoms with E-state index in [9.17, 15) is 0 Å². The van der Waals surface area contributed by atoms with Gasteiger partial charge < -0.3 is 5.73 Å². The highest BCUT2D eigenvalue weighted by Gasteiger charge is 2.49. The van der Waals surface area contributed by atoms with Crippen molar-refractivity contribution in [3.63, 3.8) is 0 Å². The first-order valence-electron chi connectivity index (χ1n) is 7.97. The number of nitrogens with zero attached hydrogens (tertiary/aromatic N) is 2. The van der Waals surface area contributed by atoms with Crippen LogP contribution < -0.4 is 5.73 Å². The third-order valence-corrected chi connectivity index (χ3v) is 5.70. The molecule has 104 valence electrons. The Balaban J connectivity index is 1.57. The van der Waals surface area contributed by atoms with E-state index >= 15 is 0 Å². The van der Waals surface area contributed by atoms with Crippen LogP contribution in [0.3, 0.4) is 0 Å². The fraction of sp³-hybridized carbons (Fsp3) is 0.812. The van der Waals surface area contributed by atoms with Crippen LogP contribution in [0.4, 0.5) is 0 Å². The smallest absolute Gasteiger partial charge is 0.0576 e. The Morgan fingerprint density at radius 3 is 2.42 bits per heavy atom. The van der Waals surface area contributed by atoms with E-state index < -0.39 is 0 Å². The van der Waals surface area contributed by atoms with Crippen molar-refractivity contribution in [3.8, 4) is 0 Å². The molecule has 0 amide bonds. The third-order valence-electron chi connectivity index (χ3n) is 5.70. The maximum atomic E-state index is 5.89. The molecule has 1 aromatic heterocycles. The topological polar surface area (TPSA) is 43.8 Å². The minimum Gasteiger partial charge on any atom is -0.328 e. The highest BCUT2D eigenvalue weighted by Crippen LogP contribution is 2.58. The van der Waals surface area contributed by atoms with Crippen molar-refractivity contribution in [3.05, 3.63) is 18.0 Å². The lowest BCUT2D eigenvalue weighted by Crippen LogP contribution is -2.46. The van der Waals surface area contributed by atoms with Crippen LogP contribution in [0.1, 0.15) is 50.6 Å². The molecular weight excluding hydrogens is 234 g/mol. The molecule has 4 bridgehead atoms. The van der Waals surface area contributed by atoms with Gasteiger partial charge in [0.1, 0.15) is 0 Å². The van der Waals surface area contributed by atoms with Gasteiger partial charge in [-0.15, -0.1) is 0 Å². The van der Waals surface area contributed by atoms with Gasteiger partial charge in [0.25, 0.3) is 0 Å². The van der Waals surface area contributed by atoms with E-state index in [4.69, 9.17) is 5.73 Å². The predicted octanol–water partition coefficient (Wildman–Crippen LogP) is 2.77. The van der Waals surface area contributed by atoms with Gasteiger partial charge in [0.15, 0.2) is 0 Å². The fourth-order valence-electron chi connectivity index (χ4n) is 5.35. The molecular formula is C16H25N3. The van der Waals surface area contributed by atoms with Gasteiger partial charge in [0, 0.05) is 12.2 Å². The Labute approximate surface area is 115 Å². The van der Waals surface area contributed by atoms with Crippen LogP contribution >= 0.6 is 0 Å². The minimum atomic E-state index is 0.233. The lowest BCUT2D eigenvalue weighted by Gasteiger charge is -2.54. The molecule has 0 aromatic carbocycles. The molecule has 1 unspecified atom stereocenters. The molecule has 0 spiro atoms. The molecule has 3 heteroatoms. The second-order valence-electron chi connectivity index (χ2n) is 7.43. The van der Waals surface area contributed by atoms with Gasteiger partial charge in [-0.05, 0) is 74.7 Å². The number of nitrogens with two attached hydrogens (primary N) is 1. The van der Waals surface area contributed by atoms with Crippen molar-refractivity contribution in [2.45, 2.75) is 57.5 Å². The first-order valence-corrected chi connectivity index (χ1v) is 7.97. The van der Waals surface area contributed by atoms with E-state index in [0.717, 1.165) is 30.1 Å². The van der Waals surface area contributed by atoms with Gasteiger partial charge in [0.2, 0.25) is 0 Å². The molecule has 1 atom stereocenters. The summed E-state index contributed by atoms with van der Waals surface area (Å²) in [5.41, 5.74) is 7.20. The van der Waals surface area contributed by atoms with E-state index in [1.165, 1.54) is 37.7 Å². The zero-order valence-electron chi connectivity index (χ0n) is 11.8. The lowest BCUT2D eigenvalue weighted by molar-refractivity contribution is -0.0336. The molecule has 4 fully saturated rings. The van der Waals surface area contributed by atoms with Gasteiger partial charge in [0.05, 0.1) is 12.2 Å². The van der Waals surface area contributed by atoms with E-state index in [0.29, 0.717) is 6.04 Å². The molecule has 4 aliphatic carbocycles. The summed E-state index contributed by atoms with van der Waals surface area (Å²) in [5, 5.41) is 4.68. The summed E-state index contributed by atoms with van der Waals surface area (Å²) in [4.78, 5) is 0. The zero-order chi connectivity index (χ0) is 13.0. The Bertz CT molecular complexity index is 434. The lowest BCUT2D eigenvalue weighted by atomic mass is 9.54. The van der Waals surface area contributed by atoms with Crippen LogP contribution in [0, 0.1) is 23.7 Å². The molecule has 1 aromatic rings. The maximum Gasteiger partial charge on any atom is 0.0576 e. The van der Waals surface area contributed by atoms with E-state index in [1.807, 2.05) is 6.20 Å². The van der Waals surface area contributed by atoms with Crippen molar-refractivity contribution >= 4 is 0 Å². The Hall–Kier alpha value is -0.830. The number of aromatic nitrogens is 2. The van der Waals surface area contributed by atoms with Crippen molar-refractivity contribution in [1.29, 1.82) is 0 Å². The van der Waals surface area contributed by atoms with Crippen LogP contribution in [0.2, 0.25) is 0 Å². The summed E-state index contributed by atoms with van der Waals surface area (Å²) < 4.78 is 2.30. The van der Waals surface area contributed by atoms with Crippen LogP contribution in [-0.4, -0.2) is 15.8 Å². The summed E-state index contributed by atoms with van der Waals surface area (Å²) in [6, 6.07) is 0.922. The monoisotopic (exact) mass is 259 g/mol. The van der Waals surface area contributed by atoms with E-state index in [1.54, 1.807) is 0 Å². The van der Waals surface area contributed by atoms with Gasteiger partial charge in [-0.2, -0.15) is 5.10 Å². The first kappa shape index (κ1) is 12.0. The average molecular weight is 259 g/mol. The first-order chi connectivity index (χ1) is 9.19. The SMILES string of the molecule is CC(N)Cc1cnn(C2C3CC4CC(C3)CC2C4)c1. The van der Waals surface area contributed by atoms with Crippen molar-refractivity contribution in [1.82, 2.24) is 9.78 Å². The Kier molecular flexibility index (Phi) is 2.73. The van der Waals surface area contributed by atoms with Gasteiger partial charge in [-0.3, -0.25) is 4.68 Å². The summed E-state index contributed by atoms with van der Waals surface area (Å²) in [6.07, 6.45) is 12.6. The van der Waals surface area contributed by atoms with Crippen molar-refractivity contribution in [2.24, 2.45) is 29.4 Å². The minimum absolute atomic E-state index is 0.233. The molecule has 19 heavy (non-hydrogen) atoms. The molecule has 0 radical (unpaired) electrons. The molecule has 5 rings (SSSR count). The number of rotatable bonds is 3. The van der Waals surface area contributed by atoms with Gasteiger partial charge >= 0.3 is 0 Å². The van der Waals surface area contributed by atoms with Crippen LogP contribution in [0.25, 0.3) is 0 Å². The molecule has 4 aliphatic rings. The van der Waals surface area contributed by atoms with E-state index in [2.05, 4.69) is 22.9 Å². The summed E-state index contributed by atoms with van der Waals surface area (Å²) in [7, 11) is 0. The third kappa shape index (κ3) is 2.03. The maximum absolute atomic E-state index is 5.89. The summed E-state index contributed by atoms with van der Waals surface area (Å²) in [6.45, 7) is 2.07. The molecule has 0 aliphatic heterocycles. The van der Waals surface area contributed by atoms with Crippen LogP contribution in [0.5, 0.6) is 0 Å². The molecule has 1 heterocycles. The molecule has 4 saturated carbocycles. The van der Waals surface area contributed by atoms with Gasteiger partial charge in [-0.1, -0.05) is 0 Å². The summed E-state index contributed by atoms with van der Waals surface area (Å²) >= 11 is 0. The number of hydrogen-bond acceptors (Lipinski definition) is 2. The predicted molar refractivity (Wildman–Crippen MR) is 75.7 cm³/mol. The highest BCUT2D eigenvalue weighted by molar-refractivity contribution is 5.09. The van der Waals surface area contributed by atoms with Crippen molar-refractivity contribution < 1.29 is 0 Å². The Morgan fingerprint density at radius 2 is 1.84 bits per heavy atom. The second kappa shape index (κ2) is 4.34. The Morgan fingerprint density at radius 1 is 1.21 bits per heavy atom. The number of hydrogen-bond donors (Lipinski definition) is 1.